The summed E-state index contributed by atoms with van der Waals surface area (Å²) in [6, 6.07) is 14.6. The van der Waals surface area contributed by atoms with Gasteiger partial charge >= 0.3 is 12.1 Å². The molecule has 34 heavy (non-hydrogen) atoms. The lowest BCUT2D eigenvalue weighted by molar-refractivity contribution is -0.146. The maximum atomic E-state index is 12.8. The summed E-state index contributed by atoms with van der Waals surface area (Å²) in [7, 11) is 1.39. The highest BCUT2D eigenvalue weighted by Crippen LogP contribution is 2.44. The molecule has 0 heterocycles. The van der Waals surface area contributed by atoms with Crippen molar-refractivity contribution in [3.8, 4) is 11.1 Å². The van der Waals surface area contributed by atoms with Crippen molar-refractivity contribution in [2.75, 3.05) is 13.7 Å². The number of hydrogen-bond donors (Lipinski definition) is 3. The summed E-state index contributed by atoms with van der Waals surface area (Å²) in [6.45, 7) is 1.77. The molecule has 2 aliphatic rings. The topological polar surface area (TPSA) is 114 Å². The van der Waals surface area contributed by atoms with Gasteiger partial charge in [-0.25, -0.2) is 9.59 Å². The molecule has 0 bridgehead atoms. The van der Waals surface area contributed by atoms with Crippen molar-refractivity contribution < 1.29 is 29.0 Å². The quantitative estimate of drug-likeness (QED) is 0.550. The lowest BCUT2D eigenvalue weighted by Gasteiger charge is -2.25. The highest BCUT2D eigenvalue weighted by molar-refractivity contribution is 5.86. The van der Waals surface area contributed by atoms with Gasteiger partial charge in [0.25, 0.3) is 0 Å². The predicted octanol–water partition coefficient (Wildman–Crippen LogP) is 3.30. The summed E-state index contributed by atoms with van der Waals surface area (Å²) in [4.78, 5) is 37.0. The number of benzene rings is 2. The third kappa shape index (κ3) is 4.77. The Morgan fingerprint density at radius 1 is 1.03 bits per heavy atom. The molecule has 180 valence electrons. The van der Waals surface area contributed by atoms with Gasteiger partial charge in [-0.2, -0.15) is 0 Å². The van der Waals surface area contributed by atoms with Crippen molar-refractivity contribution in [1.82, 2.24) is 10.6 Å². The Balaban J connectivity index is 1.37. The fourth-order valence-corrected chi connectivity index (χ4v) is 5.01. The molecular formula is C26H30N2O6. The summed E-state index contributed by atoms with van der Waals surface area (Å²) in [5, 5.41) is 14.8. The van der Waals surface area contributed by atoms with Crippen LogP contribution >= 0.6 is 0 Å². The second-order valence-electron chi connectivity index (χ2n) is 8.88. The van der Waals surface area contributed by atoms with E-state index in [1.54, 1.807) is 6.92 Å². The minimum atomic E-state index is -1.17. The van der Waals surface area contributed by atoms with Crippen LogP contribution in [0.4, 0.5) is 4.79 Å². The number of methoxy groups -OCH3 is 1. The van der Waals surface area contributed by atoms with E-state index in [0.29, 0.717) is 12.8 Å². The van der Waals surface area contributed by atoms with Crippen LogP contribution in [0.1, 0.15) is 43.2 Å². The van der Waals surface area contributed by atoms with Crippen LogP contribution in [-0.2, 0) is 19.1 Å². The van der Waals surface area contributed by atoms with Gasteiger partial charge in [0.2, 0.25) is 5.91 Å². The van der Waals surface area contributed by atoms with Crippen molar-refractivity contribution in [3.05, 3.63) is 59.7 Å². The monoisotopic (exact) mass is 466 g/mol. The first kappa shape index (κ1) is 23.8. The molecule has 0 spiro atoms. The summed E-state index contributed by atoms with van der Waals surface area (Å²) < 4.78 is 10.7. The van der Waals surface area contributed by atoms with E-state index in [0.717, 1.165) is 28.7 Å². The second-order valence-corrected chi connectivity index (χ2v) is 8.88. The number of carbonyl (C=O) groups is 3. The molecular weight excluding hydrogens is 436 g/mol. The van der Waals surface area contributed by atoms with Crippen LogP contribution in [0.25, 0.3) is 11.1 Å². The first-order chi connectivity index (χ1) is 16.4. The molecule has 8 heteroatoms. The van der Waals surface area contributed by atoms with E-state index >= 15 is 0 Å². The molecule has 1 fully saturated rings. The number of aliphatic carboxylic acids is 1. The zero-order valence-corrected chi connectivity index (χ0v) is 19.3. The Kier molecular flexibility index (Phi) is 7.17. The Labute approximate surface area is 198 Å². The van der Waals surface area contributed by atoms with E-state index in [2.05, 4.69) is 34.9 Å². The average Bonchev–Trinajstić information content (AvgIpc) is 3.43. The number of amides is 2. The van der Waals surface area contributed by atoms with Crippen molar-refractivity contribution >= 4 is 18.0 Å². The molecule has 0 radical (unpaired) electrons. The molecule has 2 aromatic rings. The maximum absolute atomic E-state index is 12.8. The number of carboxylic acids is 1. The lowest BCUT2D eigenvalue weighted by Crippen LogP contribution is -2.52. The normalized spacial score (nSPS) is 20.6. The number of nitrogens with one attached hydrogen (secondary N) is 2. The number of carbonyl (C=O) groups excluding carboxylic acids is 2. The molecule has 1 saturated carbocycles. The van der Waals surface area contributed by atoms with Crippen molar-refractivity contribution in [3.63, 3.8) is 0 Å². The van der Waals surface area contributed by atoms with Gasteiger partial charge in [-0.3, -0.25) is 4.79 Å². The van der Waals surface area contributed by atoms with Crippen LogP contribution in [0.3, 0.4) is 0 Å². The van der Waals surface area contributed by atoms with E-state index in [4.69, 9.17) is 9.47 Å². The first-order valence-electron chi connectivity index (χ1n) is 11.6. The van der Waals surface area contributed by atoms with Crippen LogP contribution in [0, 0.1) is 5.92 Å². The van der Waals surface area contributed by atoms with E-state index in [1.807, 2.05) is 24.3 Å². The second kappa shape index (κ2) is 10.3. The van der Waals surface area contributed by atoms with E-state index in [9.17, 15) is 19.5 Å². The van der Waals surface area contributed by atoms with Gasteiger partial charge in [-0.15, -0.1) is 0 Å². The molecule has 3 N–H and O–H groups in total. The average molecular weight is 467 g/mol. The standard InChI is InChI=1S/C26H30N2O6/c1-15(33-2)23(25(30)31)28-24(29)20-12-7-13-22(20)27-26(32)34-14-21-18-10-5-3-8-16(18)17-9-4-6-11-19(17)21/h3-6,8-11,15,20-23H,7,12-14H2,1-2H3,(H,27,32)(H,28,29)(H,30,31). The molecule has 4 unspecified atom stereocenters. The molecule has 0 saturated heterocycles. The van der Waals surface area contributed by atoms with Gasteiger partial charge in [0.05, 0.1) is 12.0 Å². The minimum Gasteiger partial charge on any atom is -0.480 e. The predicted molar refractivity (Wildman–Crippen MR) is 125 cm³/mol. The Morgan fingerprint density at radius 3 is 2.24 bits per heavy atom. The molecule has 2 aliphatic carbocycles. The van der Waals surface area contributed by atoms with Crippen LogP contribution in [-0.4, -0.2) is 55.0 Å². The van der Waals surface area contributed by atoms with Gasteiger partial charge in [0.15, 0.2) is 6.04 Å². The third-order valence-corrected chi connectivity index (χ3v) is 6.90. The molecule has 0 aliphatic heterocycles. The summed E-state index contributed by atoms with van der Waals surface area (Å²) in [5.74, 6) is -2.14. The van der Waals surface area contributed by atoms with Gasteiger partial charge in [-0.05, 0) is 42.0 Å². The maximum Gasteiger partial charge on any atom is 0.407 e. The Bertz CT molecular complexity index is 1030. The molecule has 4 rings (SSSR count). The number of ether oxygens (including phenoxy) is 2. The highest BCUT2D eigenvalue weighted by Gasteiger charge is 2.37. The van der Waals surface area contributed by atoms with E-state index in [1.165, 1.54) is 7.11 Å². The Hall–Kier alpha value is -3.39. The molecule has 8 nitrogen and oxygen atoms in total. The van der Waals surface area contributed by atoms with Gasteiger partial charge in [-0.1, -0.05) is 55.0 Å². The van der Waals surface area contributed by atoms with Crippen LogP contribution in [0.2, 0.25) is 0 Å². The summed E-state index contributed by atoms with van der Waals surface area (Å²) in [5.41, 5.74) is 4.55. The first-order valence-corrected chi connectivity index (χ1v) is 11.6. The van der Waals surface area contributed by atoms with Crippen LogP contribution in [0.5, 0.6) is 0 Å². The Morgan fingerprint density at radius 2 is 1.65 bits per heavy atom. The summed E-state index contributed by atoms with van der Waals surface area (Å²) in [6.07, 6.45) is 0.681. The number of alkyl carbamates (subject to hydrolysis) is 1. The fraction of sp³-hybridized carbons (Fsp3) is 0.423. The molecule has 4 atom stereocenters. The zero-order valence-electron chi connectivity index (χ0n) is 19.3. The molecule has 0 aromatic heterocycles. The zero-order chi connectivity index (χ0) is 24.2. The smallest absolute Gasteiger partial charge is 0.407 e. The van der Waals surface area contributed by atoms with E-state index in [-0.39, 0.29) is 12.5 Å². The van der Waals surface area contributed by atoms with Crippen LogP contribution in [0.15, 0.2) is 48.5 Å². The number of rotatable bonds is 8. The molecule has 2 aromatic carbocycles. The SMILES string of the molecule is COC(C)C(NC(=O)C1CCCC1NC(=O)OCC1c2ccccc2-c2ccccc21)C(=O)O. The van der Waals surface area contributed by atoms with E-state index < -0.39 is 42.1 Å². The van der Waals surface area contributed by atoms with Gasteiger partial charge in [0.1, 0.15) is 6.61 Å². The number of hydrogen-bond acceptors (Lipinski definition) is 5. The van der Waals surface area contributed by atoms with Gasteiger partial charge < -0.3 is 25.2 Å². The lowest BCUT2D eigenvalue weighted by atomic mass is 9.98. The van der Waals surface area contributed by atoms with Gasteiger partial charge in [0, 0.05) is 19.1 Å². The summed E-state index contributed by atoms with van der Waals surface area (Å²) >= 11 is 0. The fourth-order valence-electron chi connectivity index (χ4n) is 5.01. The molecule has 2 amide bonds. The largest absolute Gasteiger partial charge is 0.480 e. The van der Waals surface area contributed by atoms with Crippen molar-refractivity contribution in [2.24, 2.45) is 5.92 Å². The number of fused-ring (bicyclic) bond motifs is 3. The third-order valence-electron chi connectivity index (χ3n) is 6.90. The highest BCUT2D eigenvalue weighted by atomic mass is 16.5. The van der Waals surface area contributed by atoms with Crippen molar-refractivity contribution in [2.45, 2.75) is 50.3 Å². The number of carboxylic acid groups (broad SMARTS) is 1. The minimum absolute atomic E-state index is 0.0484. The van der Waals surface area contributed by atoms with Crippen molar-refractivity contribution in [1.29, 1.82) is 0 Å². The van der Waals surface area contributed by atoms with Crippen LogP contribution < -0.4 is 10.6 Å².